The Morgan fingerprint density at radius 3 is 2.39 bits per heavy atom. The van der Waals surface area contributed by atoms with E-state index < -0.39 is 30.6 Å². The number of aromatic carboxylic acids is 1. The summed E-state index contributed by atoms with van der Waals surface area (Å²) < 4.78 is 20.7. The van der Waals surface area contributed by atoms with E-state index in [2.05, 4.69) is 0 Å². The van der Waals surface area contributed by atoms with Crippen molar-refractivity contribution in [2.45, 2.75) is 37.6 Å². The van der Waals surface area contributed by atoms with Crippen molar-refractivity contribution in [2.24, 2.45) is 0 Å². The molecule has 0 spiro atoms. The third kappa shape index (κ3) is 7.20. The van der Waals surface area contributed by atoms with Crippen LogP contribution < -0.4 is 9.47 Å². The van der Waals surface area contributed by atoms with Crippen LogP contribution in [0.25, 0.3) is 0 Å². The zero-order valence-corrected chi connectivity index (χ0v) is 17.4. The third-order valence-electron chi connectivity index (χ3n) is 4.63. The Labute approximate surface area is 180 Å². The molecule has 170 valence electrons. The number of carboxylic acid groups (broad SMARTS) is 1. The van der Waals surface area contributed by atoms with Crippen molar-refractivity contribution in [1.29, 1.82) is 0 Å². The summed E-state index contributed by atoms with van der Waals surface area (Å²) in [5.41, 5.74) is 1.20. The van der Waals surface area contributed by atoms with Gasteiger partial charge in [0, 0.05) is 13.5 Å². The molecule has 4 N–H and O–H groups in total. The Morgan fingerprint density at radius 2 is 1.81 bits per heavy atom. The van der Waals surface area contributed by atoms with Gasteiger partial charge in [-0.05, 0) is 23.8 Å². The van der Waals surface area contributed by atoms with Crippen molar-refractivity contribution in [1.82, 2.24) is 0 Å². The molecule has 3 rings (SSSR count). The van der Waals surface area contributed by atoms with E-state index in [4.69, 9.17) is 29.2 Å². The lowest BCUT2D eigenvalue weighted by molar-refractivity contribution is -0.248. The van der Waals surface area contributed by atoms with Crippen LogP contribution >= 0.6 is 0 Å². The van der Waals surface area contributed by atoms with Gasteiger partial charge in [0.15, 0.2) is 17.8 Å². The van der Waals surface area contributed by atoms with Crippen molar-refractivity contribution >= 4 is 5.97 Å². The minimum absolute atomic E-state index is 0.170. The van der Waals surface area contributed by atoms with E-state index in [0.717, 1.165) is 5.56 Å². The second-order valence-corrected chi connectivity index (χ2v) is 6.76. The molecule has 2 unspecified atom stereocenters. The summed E-state index contributed by atoms with van der Waals surface area (Å²) in [5, 5.41) is 36.2. The molecule has 0 bridgehead atoms. The first-order chi connectivity index (χ1) is 14.9. The third-order valence-corrected chi connectivity index (χ3v) is 4.63. The largest absolute Gasteiger partial charge is 0.493 e. The fourth-order valence-corrected chi connectivity index (χ4v) is 2.87. The quantitative estimate of drug-likeness (QED) is 0.508. The van der Waals surface area contributed by atoms with Crippen molar-refractivity contribution in [3.05, 3.63) is 59.7 Å². The molecular formula is C22H28O9. The zero-order chi connectivity index (χ0) is 22.8. The molecule has 0 aromatic heterocycles. The van der Waals surface area contributed by atoms with Gasteiger partial charge in [0.05, 0.1) is 25.4 Å². The van der Waals surface area contributed by atoms with Gasteiger partial charge in [0.1, 0.15) is 18.8 Å². The minimum atomic E-state index is -1.03. The zero-order valence-electron chi connectivity index (χ0n) is 17.4. The maximum absolute atomic E-state index is 10.9. The van der Waals surface area contributed by atoms with E-state index in [1.807, 2.05) is 30.3 Å². The lowest BCUT2D eigenvalue weighted by atomic mass is 10.0. The highest BCUT2D eigenvalue weighted by atomic mass is 16.7. The highest BCUT2D eigenvalue weighted by Crippen LogP contribution is 2.28. The highest BCUT2D eigenvalue weighted by molar-refractivity contribution is 5.88. The summed E-state index contributed by atoms with van der Waals surface area (Å²) in [6.07, 6.45) is -2.98. The second kappa shape index (κ2) is 12.2. The van der Waals surface area contributed by atoms with E-state index in [-0.39, 0.29) is 18.6 Å². The molecule has 9 nitrogen and oxygen atoms in total. The molecule has 2 aromatic carbocycles. The van der Waals surface area contributed by atoms with Crippen LogP contribution in [0.2, 0.25) is 0 Å². The number of hydrogen-bond acceptors (Lipinski definition) is 8. The molecule has 31 heavy (non-hydrogen) atoms. The fourth-order valence-electron chi connectivity index (χ4n) is 2.87. The topological polar surface area (TPSA) is 135 Å². The van der Waals surface area contributed by atoms with Crippen LogP contribution in [0.3, 0.4) is 0 Å². The van der Waals surface area contributed by atoms with Gasteiger partial charge in [-0.15, -0.1) is 0 Å². The molecule has 0 amide bonds. The first kappa shape index (κ1) is 24.6. The van der Waals surface area contributed by atoms with Crippen LogP contribution in [-0.4, -0.2) is 71.8 Å². The summed E-state index contributed by atoms with van der Waals surface area (Å²) in [7, 11) is 2.93. The van der Waals surface area contributed by atoms with E-state index in [1.54, 1.807) is 6.07 Å². The van der Waals surface area contributed by atoms with Crippen molar-refractivity contribution in [3.8, 4) is 11.5 Å². The molecule has 1 heterocycles. The SMILES string of the molecule is CO[C@@H]1CC(O)[C@H](O)C(CO)O1.COc1cc(C(=O)O)ccc1OCc1ccccc1. The molecular weight excluding hydrogens is 408 g/mol. The molecule has 0 radical (unpaired) electrons. The summed E-state index contributed by atoms with van der Waals surface area (Å²) >= 11 is 0. The maximum atomic E-state index is 10.9. The molecule has 1 aliphatic rings. The Kier molecular flexibility index (Phi) is 9.70. The Morgan fingerprint density at radius 1 is 1.10 bits per heavy atom. The van der Waals surface area contributed by atoms with Gasteiger partial charge < -0.3 is 39.4 Å². The van der Waals surface area contributed by atoms with Gasteiger partial charge in [0.25, 0.3) is 0 Å². The average Bonchev–Trinajstić information content (AvgIpc) is 2.80. The van der Waals surface area contributed by atoms with Gasteiger partial charge >= 0.3 is 5.97 Å². The van der Waals surface area contributed by atoms with Crippen molar-refractivity contribution in [3.63, 3.8) is 0 Å². The van der Waals surface area contributed by atoms with Crippen LogP contribution in [-0.2, 0) is 16.1 Å². The number of methoxy groups -OCH3 is 2. The Hall–Kier alpha value is -2.69. The van der Waals surface area contributed by atoms with Gasteiger partial charge in [-0.1, -0.05) is 30.3 Å². The lowest BCUT2D eigenvalue weighted by Crippen LogP contribution is -2.50. The molecule has 1 fully saturated rings. The first-order valence-corrected chi connectivity index (χ1v) is 9.62. The van der Waals surface area contributed by atoms with E-state index >= 15 is 0 Å². The highest BCUT2D eigenvalue weighted by Gasteiger charge is 2.36. The molecule has 0 saturated carbocycles. The minimum Gasteiger partial charge on any atom is -0.493 e. The van der Waals surface area contributed by atoms with E-state index in [9.17, 15) is 15.0 Å². The van der Waals surface area contributed by atoms with Crippen molar-refractivity contribution in [2.75, 3.05) is 20.8 Å². The Bertz CT molecular complexity index is 812. The summed E-state index contributed by atoms with van der Waals surface area (Å²) in [6.45, 7) is 0.0850. The number of carboxylic acids is 1. The molecule has 9 heteroatoms. The number of rotatable bonds is 7. The number of aliphatic hydroxyl groups excluding tert-OH is 3. The fraction of sp³-hybridized carbons (Fsp3) is 0.409. The van der Waals surface area contributed by atoms with Gasteiger partial charge in [-0.2, -0.15) is 0 Å². The second-order valence-electron chi connectivity index (χ2n) is 6.76. The monoisotopic (exact) mass is 436 g/mol. The number of benzene rings is 2. The summed E-state index contributed by atoms with van der Waals surface area (Å²) in [6, 6.07) is 14.3. The number of aliphatic hydroxyl groups is 3. The maximum Gasteiger partial charge on any atom is 0.335 e. The van der Waals surface area contributed by atoms with Crippen LogP contribution in [0, 0.1) is 0 Å². The van der Waals surface area contributed by atoms with Gasteiger partial charge in [0.2, 0.25) is 0 Å². The molecule has 1 aliphatic heterocycles. The smallest absolute Gasteiger partial charge is 0.335 e. The average molecular weight is 436 g/mol. The summed E-state index contributed by atoms with van der Waals surface area (Å²) in [4.78, 5) is 10.9. The predicted octanol–water partition coefficient (Wildman–Crippen LogP) is 1.43. The van der Waals surface area contributed by atoms with Crippen molar-refractivity contribution < 1.29 is 44.2 Å². The Balaban J connectivity index is 0.000000245. The number of hydrogen-bond donors (Lipinski definition) is 4. The molecule has 4 atom stereocenters. The number of ether oxygens (including phenoxy) is 4. The standard InChI is InChI=1S/C15H14O4.C7H14O5/c1-18-14-9-12(15(16)17)7-8-13(14)19-10-11-5-3-2-4-6-11;1-11-6-2-4(9)7(10)5(3-8)12-6/h2-9H,10H2,1H3,(H,16,17);4-10H,2-3H2,1H3/t;4?,5?,6-,7-/m.0/s1. The van der Waals surface area contributed by atoms with Gasteiger partial charge in [-0.3, -0.25) is 0 Å². The van der Waals surface area contributed by atoms with E-state index in [1.165, 1.54) is 26.4 Å². The number of carbonyl (C=O) groups is 1. The van der Waals surface area contributed by atoms with Gasteiger partial charge in [-0.25, -0.2) is 4.79 Å². The molecule has 1 saturated heterocycles. The summed E-state index contributed by atoms with van der Waals surface area (Å²) in [5.74, 6) is -0.0555. The van der Waals surface area contributed by atoms with Crippen LogP contribution in [0.5, 0.6) is 11.5 Å². The first-order valence-electron chi connectivity index (χ1n) is 9.62. The molecule has 0 aliphatic carbocycles. The van der Waals surface area contributed by atoms with Crippen LogP contribution in [0.15, 0.2) is 48.5 Å². The lowest BCUT2D eigenvalue weighted by Gasteiger charge is -2.35. The van der Waals surface area contributed by atoms with E-state index in [0.29, 0.717) is 18.1 Å². The predicted molar refractivity (Wildman–Crippen MR) is 110 cm³/mol. The van der Waals surface area contributed by atoms with Crippen LogP contribution in [0.4, 0.5) is 0 Å². The molecule has 2 aromatic rings. The van der Waals surface area contributed by atoms with Crippen LogP contribution in [0.1, 0.15) is 22.3 Å². The normalized spacial score (nSPS) is 22.7.